The summed E-state index contributed by atoms with van der Waals surface area (Å²) in [7, 11) is 0. The summed E-state index contributed by atoms with van der Waals surface area (Å²) in [6, 6.07) is 6.21. The first-order valence-electron chi connectivity index (χ1n) is 8.11. The summed E-state index contributed by atoms with van der Waals surface area (Å²) in [5.41, 5.74) is 0.755. The molecule has 1 atom stereocenters. The van der Waals surface area contributed by atoms with Gasteiger partial charge in [0, 0.05) is 24.3 Å². The molecule has 0 saturated heterocycles. The van der Waals surface area contributed by atoms with Crippen molar-refractivity contribution in [3.8, 4) is 0 Å². The average molecular weight is 333 g/mol. The van der Waals surface area contributed by atoms with E-state index < -0.39 is 0 Å². The van der Waals surface area contributed by atoms with E-state index >= 15 is 0 Å². The van der Waals surface area contributed by atoms with Crippen LogP contribution in [-0.4, -0.2) is 22.6 Å². The Morgan fingerprint density at radius 2 is 1.96 bits per heavy atom. The molecule has 1 aromatic heterocycles. The number of carbonyl (C=O) groups excluding carboxylic acids is 1. The van der Waals surface area contributed by atoms with Gasteiger partial charge in [-0.1, -0.05) is 45.0 Å². The first-order valence-corrected chi connectivity index (χ1v) is 8.11. The van der Waals surface area contributed by atoms with Gasteiger partial charge >= 0.3 is 0 Å². The third-order valence-electron chi connectivity index (χ3n) is 3.66. The van der Waals surface area contributed by atoms with Gasteiger partial charge in [0.05, 0.1) is 0 Å². The molecule has 1 N–H and O–H groups in total. The first-order chi connectivity index (χ1) is 11.3. The molecule has 2 aromatic rings. The SMILES string of the molecule is CC(Cc1ccc(F)cc1)C(=O)NCCc1noc(C(C)(C)C)n1. The Morgan fingerprint density at radius 1 is 1.29 bits per heavy atom. The van der Waals surface area contributed by atoms with E-state index in [2.05, 4.69) is 15.5 Å². The molecule has 1 unspecified atom stereocenters. The summed E-state index contributed by atoms with van der Waals surface area (Å²) in [6.07, 6.45) is 1.09. The zero-order valence-electron chi connectivity index (χ0n) is 14.6. The molecule has 0 radical (unpaired) electrons. The minimum Gasteiger partial charge on any atom is -0.355 e. The number of nitrogens with one attached hydrogen (secondary N) is 1. The minimum absolute atomic E-state index is 0.0427. The number of benzene rings is 1. The third-order valence-corrected chi connectivity index (χ3v) is 3.66. The topological polar surface area (TPSA) is 68.0 Å². The van der Waals surface area contributed by atoms with Crippen LogP contribution in [0.3, 0.4) is 0 Å². The van der Waals surface area contributed by atoms with Crippen LogP contribution in [-0.2, 0) is 23.1 Å². The first kappa shape index (κ1) is 18.1. The Balaban J connectivity index is 1.78. The Labute approximate surface area is 141 Å². The van der Waals surface area contributed by atoms with Crippen molar-refractivity contribution in [3.05, 3.63) is 47.4 Å². The number of carbonyl (C=O) groups is 1. The van der Waals surface area contributed by atoms with Crippen molar-refractivity contribution in [2.75, 3.05) is 6.54 Å². The van der Waals surface area contributed by atoms with E-state index in [0.29, 0.717) is 31.1 Å². The van der Waals surface area contributed by atoms with E-state index in [1.807, 2.05) is 27.7 Å². The highest BCUT2D eigenvalue weighted by atomic mass is 19.1. The van der Waals surface area contributed by atoms with Gasteiger partial charge in [-0.2, -0.15) is 4.98 Å². The Bertz CT molecular complexity index is 674. The monoisotopic (exact) mass is 333 g/mol. The van der Waals surface area contributed by atoms with Crippen molar-refractivity contribution >= 4 is 5.91 Å². The Morgan fingerprint density at radius 3 is 2.54 bits per heavy atom. The van der Waals surface area contributed by atoms with Crippen LogP contribution in [0.5, 0.6) is 0 Å². The van der Waals surface area contributed by atoms with E-state index in [0.717, 1.165) is 5.56 Å². The Hall–Kier alpha value is -2.24. The zero-order chi connectivity index (χ0) is 17.7. The van der Waals surface area contributed by atoms with Gasteiger partial charge in [-0.3, -0.25) is 4.79 Å². The van der Waals surface area contributed by atoms with E-state index in [1.54, 1.807) is 12.1 Å². The van der Waals surface area contributed by atoms with Gasteiger partial charge in [0.15, 0.2) is 5.82 Å². The predicted octanol–water partition coefficient (Wildman–Crippen LogP) is 3.04. The highest BCUT2D eigenvalue weighted by Crippen LogP contribution is 2.19. The molecule has 0 fully saturated rings. The third kappa shape index (κ3) is 5.15. The van der Waals surface area contributed by atoms with Gasteiger partial charge in [0.2, 0.25) is 11.8 Å². The van der Waals surface area contributed by atoms with Crippen molar-refractivity contribution in [1.82, 2.24) is 15.5 Å². The predicted molar refractivity (Wildman–Crippen MR) is 89.0 cm³/mol. The maximum absolute atomic E-state index is 12.9. The molecule has 0 bridgehead atoms. The number of hydrogen-bond acceptors (Lipinski definition) is 4. The molecular weight excluding hydrogens is 309 g/mol. The smallest absolute Gasteiger partial charge is 0.232 e. The van der Waals surface area contributed by atoms with Gasteiger partial charge in [-0.15, -0.1) is 0 Å². The van der Waals surface area contributed by atoms with E-state index in [-0.39, 0.29) is 23.1 Å². The van der Waals surface area contributed by atoms with E-state index in [9.17, 15) is 9.18 Å². The van der Waals surface area contributed by atoms with Gasteiger partial charge in [-0.25, -0.2) is 4.39 Å². The number of hydrogen-bond donors (Lipinski definition) is 1. The molecule has 1 amide bonds. The van der Waals surface area contributed by atoms with Crippen LogP contribution in [0.2, 0.25) is 0 Å². The summed E-state index contributed by atoms with van der Waals surface area (Å²) < 4.78 is 18.1. The molecule has 0 aliphatic rings. The maximum atomic E-state index is 12.9. The number of halogens is 1. The van der Waals surface area contributed by atoms with Crippen molar-refractivity contribution in [2.45, 2.75) is 46.0 Å². The van der Waals surface area contributed by atoms with Crippen molar-refractivity contribution < 1.29 is 13.7 Å². The van der Waals surface area contributed by atoms with Crippen molar-refractivity contribution in [2.24, 2.45) is 5.92 Å². The van der Waals surface area contributed by atoms with Gasteiger partial charge < -0.3 is 9.84 Å². The molecule has 5 nitrogen and oxygen atoms in total. The Kier molecular flexibility index (Phi) is 5.70. The molecule has 0 aliphatic heterocycles. The lowest BCUT2D eigenvalue weighted by Gasteiger charge is -2.12. The van der Waals surface area contributed by atoms with Gasteiger partial charge in [-0.05, 0) is 24.1 Å². The lowest BCUT2D eigenvalue weighted by molar-refractivity contribution is -0.124. The highest BCUT2D eigenvalue weighted by molar-refractivity contribution is 5.78. The number of amides is 1. The summed E-state index contributed by atoms with van der Waals surface area (Å²) in [5.74, 6) is 0.676. The van der Waals surface area contributed by atoms with Crippen LogP contribution < -0.4 is 5.32 Å². The van der Waals surface area contributed by atoms with Crippen LogP contribution in [0.15, 0.2) is 28.8 Å². The molecule has 130 valence electrons. The second kappa shape index (κ2) is 7.55. The van der Waals surface area contributed by atoms with Crippen LogP contribution in [0, 0.1) is 11.7 Å². The zero-order valence-corrected chi connectivity index (χ0v) is 14.6. The summed E-state index contributed by atoms with van der Waals surface area (Å²) in [5, 5.41) is 6.80. The standard InChI is InChI=1S/C18H24FN3O2/c1-12(11-13-5-7-14(19)8-6-13)16(23)20-10-9-15-21-17(24-22-15)18(2,3)4/h5-8,12H,9-11H2,1-4H3,(H,20,23). The highest BCUT2D eigenvalue weighted by Gasteiger charge is 2.21. The van der Waals surface area contributed by atoms with Gasteiger partial charge in [0.1, 0.15) is 5.82 Å². The van der Waals surface area contributed by atoms with Gasteiger partial charge in [0.25, 0.3) is 0 Å². The van der Waals surface area contributed by atoms with Crippen LogP contribution in [0.25, 0.3) is 0 Å². The molecule has 2 rings (SSSR count). The quantitative estimate of drug-likeness (QED) is 0.882. The molecule has 0 spiro atoms. The fourth-order valence-corrected chi connectivity index (χ4v) is 2.20. The lowest BCUT2D eigenvalue weighted by atomic mass is 9.97. The fourth-order valence-electron chi connectivity index (χ4n) is 2.20. The van der Waals surface area contributed by atoms with Crippen molar-refractivity contribution in [1.29, 1.82) is 0 Å². The average Bonchev–Trinajstić information content (AvgIpc) is 2.98. The summed E-state index contributed by atoms with van der Waals surface area (Å²) in [6.45, 7) is 8.32. The fraction of sp³-hybridized carbons (Fsp3) is 0.500. The van der Waals surface area contributed by atoms with Crippen LogP contribution >= 0.6 is 0 Å². The second-order valence-corrected chi connectivity index (χ2v) is 7.04. The normalized spacial score (nSPS) is 12.9. The largest absolute Gasteiger partial charge is 0.355 e. The van der Waals surface area contributed by atoms with E-state index in [1.165, 1.54) is 12.1 Å². The molecule has 0 aliphatic carbocycles. The van der Waals surface area contributed by atoms with Crippen LogP contribution in [0.1, 0.15) is 45.0 Å². The maximum Gasteiger partial charge on any atom is 0.232 e. The second-order valence-electron chi connectivity index (χ2n) is 7.04. The number of aromatic nitrogens is 2. The minimum atomic E-state index is -0.273. The summed E-state index contributed by atoms with van der Waals surface area (Å²) >= 11 is 0. The molecule has 1 heterocycles. The van der Waals surface area contributed by atoms with E-state index in [4.69, 9.17) is 4.52 Å². The molecule has 6 heteroatoms. The number of nitrogens with zero attached hydrogens (tertiary/aromatic N) is 2. The lowest BCUT2D eigenvalue weighted by Crippen LogP contribution is -2.32. The molecule has 0 saturated carbocycles. The molecule has 24 heavy (non-hydrogen) atoms. The van der Waals surface area contributed by atoms with Crippen molar-refractivity contribution in [3.63, 3.8) is 0 Å². The number of rotatable bonds is 6. The summed E-state index contributed by atoms with van der Waals surface area (Å²) in [4.78, 5) is 16.5. The molecule has 1 aromatic carbocycles. The molecular formula is C18H24FN3O2. The van der Waals surface area contributed by atoms with Crippen LogP contribution in [0.4, 0.5) is 4.39 Å².